The fourth-order valence-corrected chi connectivity index (χ4v) is 1.81. The van der Waals surface area contributed by atoms with Crippen molar-refractivity contribution < 1.29 is 37.4 Å². The number of H-pyrrole nitrogens is 1. The zero-order valence-electron chi connectivity index (χ0n) is 15.5. The number of carbonyl (C=O) groups excluding carboxylic acids is 2. The molecule has 0 aliphatic rings. The van der Waals surface area contributed by atoms with E-state index in [9.17, 15) is 27.6 Å². The zero-order chi connectivity index (χ0) is 22.0. The zero-order valence-corrected chi connectivity index (χ0v) is 15.5. The van der Waals surface area contributed by atoms with Crippen molar-refractivity contribution in [3.8, 4) is 0 Å². The van der Waals surface area contributed by atoms with Gasteiger partial charge < -0.3 is 14.8 Å². The van der Waals surface area contributed by atoms with Crippen molar-refractivity contribution in [3.63, 3.8) is 0 Å². The minimum atomic E-state index is -5.08. The monoisotopic (exact) mass is 409 g/mol. The van der Waals surface area contributed by atoms with Crippen LogP contribution in [0.3, 0.4) is 0 Å². The molecular weight excluding hydrogens is 387 g/mol. The Kier molecular flexibility index (Phi) is 9.75. The maximum absolute atomic E-state index is 11.8. The number of amides is 1. The van der Waals surface area contributed by atoms with E-state index in [-0.39, 0.29) is 30.3 Å². The molecule has 1 aromatic rings. The molecule has 28 heavy (non-hydrogen) atoms. The molecule has 4 N–H and O–H groups in total. The molecule has 9 nitrogen and oxygen atoms in total. The number of halogens is 3. The van der Waals surface area contributed by atoms with Crippen molar-refractivity contribution in [1.29, 1.82) is 0 Å². The largest absolute Gasteiger partial charge is 0.490 e. The number of pyridine rings is 1. The standard InChI is InChI=1S/C14H21N3O4.C2HF3O2/c1-4-21-13(20)9-14(2,3)8-12(19)17-16-10-5-6-15-11(18)7-10;3-2(4,5)1(6)7/h5-7H,4,8-9H2,1-3H3,(H,17,19)(H2,15,16,18);(H,6,7). The molecule has 0 radical (unpaired) electrons. The number of hydrazine groups is 1. The van der Waals surface area contributed by atoms with Crippen LogP contribution < -0.4 is 16.4 Å². The normalized spacial score (nSPS) is 10.9. The first kappa shape index (κ1) is 24.9. The molecule has 12 heteroatoms. The summed E-state index contributed by atoms with van der Waals surface area (Å²) in [6.07, 6.45) is -3.29. The SMILES string of the molecule is CCOC(=O)CC(C)(C)CC(=O)NNc1cc[nH]c(=O)c1.O=C(O)C(F)(F)F. The second kappa shape index (κ2) is 10.9. The van der Waals surface area contributed by atoms with E-state index in [2.05, 4.69) is 15.8 Å². The van der Waals surface area contributed by atoms with Gasteiger partial charge in [-0.1, -0.05) is 13.8 Å². The molecule has 1 heterocycles. The highest BCUT2D eigenvalue weighted by atomic mass is 19.4. The van der Waals surface area contributed by atoms with Crippen LogP contribution in [-0.2, 0) is 19.1 Å². The van der Waals surface area contributed by atoms with Gasteiger partial charge in [0.1, 0.15) is 0 Å². The summed E-state index contributed by atoms with van der Waals surface area (Å²) in [5, 5.41) is 7.12. The summed E-state index contributed by atoms with van der Waals surface area (Å²) in [6, 6.07) is 2.94. The van der Waals surface area contributed by atoms with E-state index >= 15 is 0 Å². The number of carbonyl (C=O) groups is 3. The molecule has 158 valence electrons. The Morgan fingerprint density at radius 1 is 1.21 bits per heavy atom. The third-order valence-corrected chi connectivity index (χ3v) is 2.93. The summed E-state index contributed by atoms with van der Waals surface area (Å²) in [7, 11) is 0. The van der Waals surface area contributed by atoms with Crippen molar-refractivity contribution >= 4 is 23.5 Å². The Bertz CT molecular complexity index is 731. The van der Waals surface area contributed by atoms with Crippen molar-refractivity contribution in [1.82, 2.24) is 10.4 Å². The van der Waals surface area contributed by atoms with Crippen molar-refractivity contribution in [2.24, 2.45) is 5.41 Å². The third kappa shape index (κ3) is 11.5. The number of anilines is 1. The third-order valence-electron chi connectivity index (χ3n) is 2.93. The molecule has 0 aromatic carbocycles. The van der Waals surface area contributed by atoms with Gasteiger partial charge in [0.15, 0.2) is 0 Å². The number of carboxylic acid groups (broad SMARTS) is 1. The topological polar surface area (TPSA) is 138 Å². The minimum absolute atomic E-state index is 0.155. The molecule has 1 amide bonds. The second-order valence-electron chi connectivity index (χ2n) is 6.24. The van der Waals surface area contributed by atoms with Crippen molar-refractivity contribution in [2.45, 2.75) is 39.8 Å². The van der Waals surface area contributed by atoms with Crippen LogP contribution >= 0.6 is 0 Å². The number of aliphatic carboxylic acids is 1. The van der Waals surface area contributed by atoms with Gasteiger partial charge in [-0.05, 0) is 18.4 Å². The van der Waals surface area contributed by atoms with Gasteiger partial charge in [-0.3, -0.25) is 25.2 Å². The summed E-state index contributed by atoms with van der Waals surface area (Å²) in [4.78, 5) is 45.7. The van der Waals surface area contributed by atoms with Gasteiger partial charge in [-0.2, -0.15) is 13.2 Å². The number of rotatable bonds is 7. The Hall–Kier alpha value is -3.05. The average molecular weight is 409 g/mol. The lowest BCUT2D eigenvalue weighted by Gasteiger charge is -2.22. The van der Waals surface area contributed by atoms with Gasteiger partial charge in [-0.15, -0.1) is 0 Å². The fourth-order valence-electron chi connectivity index (χ4n) is 1.81. The van der Waals surface area contributed by atoms with Crippen LogP contribution in [0.25, 0.3) is 0 Å². The van der Waals surface area contributed by atoms with Gasteiger partial charge in [0.25, 0.3) is 0 Å². The maximum atomic E-state index is 11.8. The van der Waals surface area contributed by atoms with Crippen LogP contribution in [0.1, 0.15) is 33.6 Å². The fraction of sp³-hybridized carbons (Fsp3) is 0.500. The van der Waals surface area contributed by atoms with Crippen LogP contribution in [-0.4, -0.2) is 40.7 Å². The van der Waals surface area contributed by atoms with E-state index in [1.807, 2.05) is 13.8 Å². The highest BCUT2D eigenvalue weighted by Crippen LogP contribution is 2.25. The predicted molar refractivity (Wildman–Crippen MR) is 92.2 cm³/mol. The molecule has 0 saturated heterocycles. The number of carboxylic acids is 1. The predicted octanol–water partition coefficient (Wildman–Crippen LogP) is 1.82. The van der Waals surface area contributed by atoms with E-state index in [0.29, 0.717) is 12.3 Å². The lowest BCUT2D eigenvalue weighted by atomic mass is 9.85. The molecule has 0 fully saturated rings. The van der Waals surface area contributed by atoms with Gasteiger partial charge in [0.2, 0.25) is 11.5 Å². The van der Waals surface area contributed by atoms with E-state index < -0.39 is 17.6 Å². The number of esters is 1. The summed E-state index contributed by atoms with van der Waals surface area (Å²) < 4.78 is 36.6. The lowest BCUT2D eigenvalue weighted by molar-refractivity contribution is -0.192. The molecule has 0 bridgehead atoms. The molecule has 0 atom stereocenters. The van der Waals surface area contributed by atoms with E-state index in [0.717, 1.165) is 0 Å². The van der Waals surface area contributed by atoms with E-state index in [1.54, 1.807) is 13.0 Å². The first-order valence-electron chi connectivity index (χ1n) is 7.96. The molecule has 1 rings (SSSR count). The van der Waals surface area contributed by atoms with Gasteiger partial charge >= 0.3 is 18.1 Å². The van der Waals surface area contributed by atoms with Crippen LogP contribution in [0.2, 0.25) is 0 Å². The van der Waals surface area contributed by atoms with E-state index in [4.69, 9.17) is 14.6 Å². The first-order valence-corrected chi connectivity index (χ1v) is 7.96. The summed E-state index contributed by atoms with van der Waals surface area (Å²) in [5.41, 5.74) is 4.85. The van der Waals surface area contributed by atoms with Crippen LogP contribution in [0, 0.1) is 5.41 Å². The quantitative estimate of drug-likeness (QED) is 0.398. The summed E-state index contributed by atoms with van der Waals surface area (Å²) in [5.74, 6) is -3.35. The van der Waals surface area contributed by atoms with Crippen molar-refractivity contribution in [3.05, 3.63) is 28.7 Å². The van der Waals surface area contributed by atoms with Crippen molar-refractivity contribution in [2.75, 3.05) is 12.0 Å². The second-order valence-corrected chi connectivity index (χ2v) is 6.24. The maximum Gasteiger partial charge on any atom is 0.490 e. The first-order chi connectivity index (χ1) is 12.8. The lowest BCUT2D eigenvalue weighted by Crippen LogP contribution is -2.34. The Morgan fingerprint density at radius 2 is 1.79 bits per heavy atom. The highest BCUT2D eigenvalue weighted by molar-refractivity contribution is 5.79. The summed E-state index contributed by atoms with van der Waals surface area (Å²) >= 11 is 0. The Labute approximate surface area is 158 Å². The molecule has 0 spiro atoms. The molecule has 0 aliphatic heterocycles. The molecule has 0 unspecified atom stereocenters. The van der Waals surface area contributed by atoms with Crippen LogP contribution in [0.15, 0.2) is 23.1 Å². The molecule has 0 aliphatic carbocycles. The number of ether oxygens (including phenoxy) is 1. The number of alkyl halides is 3. The molecule has 1 aromatic heterocycles. The van der Waals surface area contributed by atoms with Gasteiger partial charge in [0.05, 0.1) is 18.7 Å². The smallest absolute Gasteiger partial charge is 0.475 e. The number of nitrogens with one attached hydrogen (secondary N) is 3. The van der Waals surface area contributed by atoms with Crippen LogP contribution in [0.5, 0.6) is 0 Å². The number of hydrogen-bond acceptors (Lipinski definition) is 6. The number of aromatic amines is 1. The average Bonchev–Trinajstić information content (AvgIpc) is 2.52. The highest BCUT2D eigenvalue weighted by Gasteiger charge is 2.38. The van der Waals surface area contributed by atoms with Gasteiger partial charge in [-0.25, -0.2) is 4.79 Å². The van der Waals surface area contributed by atoms with Crippen LogP contribution in [0.4, 0.5) is 18.9 Å². The van der Waals surface area contributed by atoms with E-state index in [1.165, 1.54) is 12.3 Å². The Morgan fingerprint density at radius 3 is 2.25 bits per heavy atom. The molecule has 0 saturated carbocycles. The molecular formula is C16H22F3N3O6. The number of aromatic nitrogens is 1. The number of hydrogen-bond donors (Lipinski definition) is 4. The minimum Gasteiger partial charge on any atom is -0.475 e. The van der Waals surface area contributed by atoms with Gasteiger partial charge in [0, 0.05) is 18.7 Å². The summed E-state index contributed by atoms with van der Waals surface area (Å²) in [6.45, 7) is 5.70. The Balaban J connectivity index is 0.000000887.